The van der Waals surface area contributed by atoms with Crippen LogP contribution in [0.3, 0.4) is 0 Å². The Hall–Kier alpha value is -3.09. The number of pyridine rings is 2. The Balaban J connectivity index is 1.99. The van der Waals surface area contributed by atoms with Crippen LogP contribution in [0.5, 0.6) is 0 Å². The van der Waals surface area contributed by atoms with Crippen LogP contribution < -0.4 is 15.8 Å². The molecule has 11 heteroatoms. The maximum Gasteiger partial charge on any atom is 0.229 e. The van der Waals surface area contributed by atoms with Crippen LogP contribution in [0.15, 0.2) is 23.2 Å². The van der Waals surface area contributed by atoms with Crippen molar-refractivity contribution in [3.63, 3.8) is 0 Å². The summed E-state index contributed by atoms with van der Waals surface area (Å²) in [6, 6.07) is 5.07. The lowest BCUT2D eigenvalue weighted by Gasteiger charge is -2.22. The fourth-order valence-corrected chi connectivity index (χ4v) is 3.54. The van der Waals surface area contributed by atoms with Crippen LogP contribution in [0.25, 0.3) is 11.0 Å². The molecule has 0 saturated carbocycles. The smallest absolute Gasteiger partial charge is 0.229 e. The Morgan fingerprint density at radius 3 is 2.50 bits per heavy atom. The van der Waals surface area contributed by atoms with Crippen molar-refractivity contribution in [2.24, 2.45) is 12.0 Å². The van der Waals surface area contributed by atoms with Crippen LogP contribution in [-0.4, -0.2) is 32.8 Å². The Morgan fingerprint density at radius 1 is 1.23 bits per heavy atom. The van der Waals surface area contributed by atoms with Crippen LogP contribution in [0.2, 0.25) is 10.3 Å². The van der Waals surface area contributed by atoms with E-state index in [1.165, 1.54) is 12.1 Å². The zero-order chi connectivity index (χ0) is 22.0. The van der Waals surface area contributed by atoms with E-state index < -0.39 is 0 Å². The molecule has 0 atom stereocenters. The van der Waals surface area contributed by atoms with Gasteiger partial charge in [-0.05, 0) is 24.5 Å². The Bertz CT molecular complexity index is 1140. The second-order valence-corrected chi connectivity index (χ2v) is 7.75. The molecule has 0 saturated heterocycles. The van der Waals surface area contributed by atoms with Crippen molar-refractivity contribution in [1.29, 1.82) is 5.26 Å². The molecule has 3 aromatic heterocycles. The molecule has 0 aromatic carbocycles. The number of nitrogens with zero attached hydrogens (tertiary/aromatic N) is 7. The summed E-state index contributed by atoms with van der Waals surface area (Å²) in [6.07, 6.45) is 1.86. The second kappa shape index (κ2) is 8.73. The lowest BCUT2D eigenvalue weighted by atomic mass is 10.00. The minimum absolute atomic E-state index is 0.174. The van der Waals surface area contributed by atoms with E-state index in [1.54, 1.807) is 16.7 Å². The number of rotatable bonds is 4. The molecule has 30 heavy (non-hydrogen) atoms. The van der Waals surface area contributed by atoms with Crippen molar-refractivity contribution in [2.45, 2.75) is 26.7 Å². The molecule has 0 amide bonds. The summed E-state index contributed by atoms with van der Waals surface area (Å²) < 4.78 is 1.76. The van der Waals surface area contributed by atoms with Crippen molar-refractivity contribution in [3.8, 4) is 6.19 Å². The van der Waals surface area contributed by atoms with Crippen molar-refractivity contribution >= 4 is 51.7 Å². The maximum atomic E-state index is 9.11. The normalized spacial score (nSPS) is 11.6. The molecule has 3 aromatic rings. The zero-order valence-electron chi connectivity index (χ0n) is 17.2. The average molecular weight is 446 g/mol. The number of aliphatic imine (C=N–C) groups is 1. The molecule has 0 bridgehead atoms. The fraction of sp³-hybridized carbons (Fsp3) is 0.316. The first-order valence-electron chi connectivity index (χ1n) is 9.11. The van der Waals surface area contributed by atoms with Crippen molar-refractivity contribution in [1.82, 2.24) is 30.5 Å². The largest absolute Gasteiger partial charge is 0.271 e. The van der Waals surface area contributed by atoms with Crippen LogP contribution in [0.4, 0.5) is 11.5 Å². The van der Waals surface area contributed by atoms with Crippen LogP contribution in [0, 0.1) is 18.4 Å². The van der Waals surface area contributed by atoms with Gasteiger partial charge < -0.3 is 0 Å². The number of anilines is 1. The monoisotopic (exact) mass is 445 g/mol. The third-order valence-corrected chi connectivity index (χ3v) is 4.77. The number of nitrogens with one attached hydrogen (secondary N) is 2. The van der Waals surface area contributed by atoms with Gasteiger partial charge in [-0.1, -0.05) is 37.0 Å². The van der Waals surface area contributed by atoms with Gasteiger partial charge in [0.05, 0.1) is 11.4 Å². The Morgan fingerprint density at radius 2 is 1.90 bits per heavy atom. The molecule has 2 N–H and O–H groups in total. The first-order chi connectivity index (χ1) is 14.2. The SMILES string of the molecule is Cc1nn(C)c2nc(N(C)N/C(=N/c3cc(Cl)nc(Cl)c3)NC#N)cc(C(C)C)c12. The van der Waals surface area contributed by atoms with E-state index in [0.717, 1.165) is 22.3 Å². The molecule has 0 spiro atoms. The molecule has 3 rings (SSSR count). The number of halogens is 2. The van der Waals surface area contributed by atoms with E-state index in [9.17, 15) is 0 Å². The highest BCUT2D eigenvalue weighted by Gasteiger charge is 2.17. The zero-order valence-corrected chi connectivity index (χ0v) is 18.7. The summed E-state index contributed by atoms with van der Waals surface area (Å²) in [5.74, 6) is 1.09. The Labute approximate surface area is 184 Å². The van der Waals surface area contributed by atoms with E-state index in [-0.39, 0.29) is 22.2 Å². The lowest BCUT2D eigenvalue weighted by molar-refractivity contribution is 0.768. The van der Waals surface area contributed by atoms with Gasteiger partial charge in [0, 0.05) is 31.6 Å². The molecule has 0 aliphatic heterocycles. The third kappa shape index (κ3) is 4.56. The number of hydrogen-bond acceptors (Lipinski definition) is 6. The molecule has 0 radical (unpaired) electrons. The van der Waals surface area contributed by atoms with Crippen LogP contribution in [-0.2, 0) is 7.05 Å². The quantitative estimate of drug-likeness (QED) is 0.157. The van der Waals surface area contributed by atoms with E-state index in [2.05, 4.69) is 39.7 Å². The minimum atomic E-state index is 0.174. The van der Waals surface area contributed by atoms with Crippen molar-refractivity contribution < 1.29 is 0 Å². The predicted molar refractivity (Wildman–Crippen MR) is 119 cm³/mol. The second-order valence-electron chi connectivity index (χ2n) is 6.97. The number of aromatic nitrogens is 4. The summed E-state index contributed by atoms with van der Waals surface area (Å²) >= 11 is 11.9. The molecular weight excluding hydrogens is 425 g/mol. The van der Waals surface area contributed by atoms with Gasteiger partial charge in [0.25, 0.3) is 0 Å². The number of guanidine groups is 1. The summed E-state index contributed by atoms with van der Waals surface area (Å²) in [5, 5.41) is 19.2. The van der Waals surface area contributed by atoms with Crippen LogP contribution >= 0.6 is 23.2 Å². The number of hydrazine groups is 1. The van der Waals surface area contributed by atoms with E-state index in [4.69, 9.17) is 33.4 Å². The predicted octanol–water partition coefficient (Wildman–Crippen LogP) is 3.80. The van der Waals surface area contributed by atoms with Gasteiger partial charge in [-0.25, -0.2) is 15.0 Å². The van der Waals surface area contributed by atoms with Gasteiger partial charge in [-0.15, -0.1) is 0 Å². The molecule has 156 valence electrons. The number of hydrogen-bond donors (Lipinski definition) is 2. The minimum Gasteiger partial charge on any atom is -0.271 e. The number of nitriles is 1. The highest BCUT2D eigenvalue weighted by Crippen LogP contribution is 2.30. The molecule has 0 fully saturated rings. The van der Waals surface area contributed by atoms with Gasteiger partial charge in [0.2, 0.25) is 5.96 Å². The van der Waals surface area contributed by atoms with Crippen LogP contribution in [0.1, 0.15) is 31.0 Å². The average Bonchev–Trinajstić information content (AvgIpc) is 2.94. The standard InChI is InChI=1S/C19H21Cl2N9/c1-10(2)13-8-16(26-18-17(13)11(3)27-30(18)5)29(4)28-19(23-9-22)24-12-6-14(20)25-15(21)7-12/h6-8,10H,1-5H3,(H2,23,24,25,28). The molecule has 3 heterocycles. The van der Waals surface area contributed by atoms with Crippen molar-refractivity contribution in [3.05, 3.63) is 39.8 Å². The first-order valence-corrected chi connectivity index (χ1v) is 9.86. The molecular formula is C19H21Cl2N9. The van der Waals surface area contributed by atoms with E-state index in [1.807, 2.05) is 26.2 Å². The molecule has 0 unspecified atom stereocenters. The Kier molecular flexibility index (Phi) is 6.29. The number of fused-ring (bicyclic) bond motifs is 1. The van der Waals surface area contributed by atoms with Gasteiger partial charge in [-0.2, -0.15) is 10.4 Å². The molecule has 9 nitrogen and oxygen atoms in total. The number of aryl methyl sites for hydroxylation is 2. The van der Waals surface area contributed by atoms with Crippen molar-refractivity contribution in [2.75, 3.05) is 12.1 Å². The lowest BCUT2D eigenvalue weighted by Crippen LogP contribution is -2.45. The highest BCUT2D eigenvalue weighted by molar-refractivity contribution is 6.32. The third-order valence-electron chi connectivity index (χ3n) is 4.39. The van der Waals surface area contributed by atoms with Gasteiger partial charge in [-0.3, -0.25) is 20.4 Å². The van der Waals surface area contributed by atoms with Gasteiger partial charge in [0.15, 0.2) is 11.8 Å². The van der Waals surface area contributed by atoms with E-state index in [0.29, 0.717) is 11.5 Å². The summed E-state index contributed by atoms with van der Waals surface area (Å²) in [5.41, 5.74) is 6.32. The van der Waals surface area contributed by atoms with Gasteiger partial charge in [0.1, 0.15) is 16.1 Å². The fourth-order valence-electron chi connectivity index (χ4n) is 3.09. The maximum absolute atomic E-state index is 9.11. The molecule has 0 aliphatic carbocycles. The summed E-state index contributed by atoms with van der Waals surface area (Å²) in [6.45, 7) is 6.23. The highest BCUT2D eigenvalue weighted by atomic mass is 35.5. The summed E-state index contributed by atoms with van der Waals surface area (Å²) in [4.78, 5) is 13.0. The topological polar surface area (TPSA) is 107 Å². The van der Waals surface area contributed by atoms with Gasteiger partial charge >= 0.3 is 0 Å². The van der Waals surface area contributed by atoms with E-state index >= 15 is 0 Å². The molecule has 0 aliphatic rings. The summed E-state index contributed by atoms with van der Waals surface area (Å²) in [7, 11) is 3.65. The first kappa shape index (κ1) is 21.6.